The lowest BCUT2D eigenvalue weighted by Crippen LogP contribution is -2.49. The molecule has 0 unspecified atom stereocenters. The third-order valence-electron chi connectivity index (χ3n) is 5.23. The quantitative estimate of drug-likeness (QED) is 0.728. The standard InChI is InChI=1S/C22H27N3O3S/c1-3-20-23-18(15-29-20)13-24-8-10-25(11-9-24)22(26)17-12-16-6-5-7-19(27-4-2)21(16)28-14-17/h5-7,12,15H,3-4,8-11,13-14H2,1-2H3. The number of aryl methyl sites for hydroxylation is 1. The van der Waals surface area contributed by atoms with Crippen molar-refractivity contribution in [3.8, 4) is 11.5 Å². The van der Waals surface area contributed by atoms with Crippen LogP contribution >= 0.6 is 11.3 Å². The van der Waals surface area contributed by atoms with E-state index in [1.54, 1.807) is 11.3 Å². The Labute approximate surface area is 175 Å². The number of para-hydroxylation sites is 1. The van der Waals surface area contributed by atoms with Gasteiger partial charge in [0.2, 0.25) is 0 Å². The van der Waals surface area contributed by atoms with Gasteiger partial charge in [0.25, 0.3) is 5.91 Å². The van der Waals surface area contributed by atoms with Crippen LogP contribution in [0.3, 0.4) is 0 Å². The SMILES string of the molecule is CCOc1cccc2c1OCC(C(=O)N1CCN(Cc3csc(CC)n3)CC1)=C2. The fourth-order valence-electron chi connectivity index (χ4n) is 3.70. The maximum atomic E-state index is 13.0. The predicted molar refractivity (Wildman–Crippen MR) is 114 cm³/mol. The third kappa shape index (κ3) is 4.46. The number of hydrogen-bond donors (Lipinski definition) is 0. The van der Waals surface area contributed by atoms with Crippen molar-refractivity contribution in [2.24, 2.45) is 0 Å². The molecule has 0 spiro atoms. The molecule has 0 aliphatic carbocycles. The van der Waals surface area contributed by atoms with Crippen molar-refractivity contribution in [3.63, 3.8) is 0 Å². The zero-order chi connectivity index (χ0) is 20.2. The predicted octanol–water partition coefficient (Wildman–Crippen LogP) is 3.22. The smallest absolute Gasteiger partial charge is 0.253 e. The van der Waals surface area contributed by atoms with E-state index in [1.165, 1.54) is 5.01 Å². The molecular formula is C22H27N3O3S. The van der Waals surface area contributed by atoms with Gasteiger partial charge in [0.15, 0.2) is 11.5 Å². The van der Waals surface area contributed by atoms with Crippen molar-refractivity contribution >= 4 is 23.3 Å². The second kappa shape index (κ2) is 8.97. The molecule has 1 aromatic heterocycles. The van der Waals surface area contributed by atoms with Crippen LogP contribution in [-0.2, 0) is 17.8 Å². The molecule has 2 aliphatic heterocycles. The molecule has 0 radical (unpaired) electrons. The third-order valence-corrected chi connectivity index (χ3v) is 6.27. The molecule has 1 aromatic carbocycles. The molecule has 1 amide bonds. The Morgan fingerprint density at radius 3 is 2.79 bits per heavy atom. The first-order chi connectivity index (χ1) is 14.2. The molecule has 0 N–H and O–H groups in total. The topological polar surface area (TPSA) is 54.9 Å². The molecule has 2 aromatic rings. The van der Waals surface area contributed by atoms with E-state index in [0.717, 1.165) is 61.9 Å². The lowest BCUT2D eigenvalue weighted by molar-refractivity contribution is -0.129. The number of piperazine rings is 1. The number of nitrogens with zero attached hydrogens (tertiary/aromatic N) is 3. The molecule has 7 heteroatoms. The van der Waals surface area contributed by atoms with E-state index in [1.807, 2.05) is 36.1 Å². The molecule has 1 saturated heterocycles. The summed E-state index contributed by atoms with van der Waals surface area (Å²) in [5, 5.41) is 3.33. The van der Waals surface area contributed by atoms with E-state index in [0.29, 0.717) is 12.2 Å². The summed E-state index contributed by atoms with van der Waals surface area (Å²) in [7, 11) is 0. The van der Waals surface area contributed by atoms with Crippen molar-refractivity contribution in [1.29, 1.82) is 0 Å². The maximum absolute atomic E-state index is 13.0. The van der Waals surface area contributed by atoms with Crippen LogP contribution in [0.15, 0.2) is 29.2 Å². The van der Waals surface area contributed by atoms with Gasteiger partial charge in [0.05, 0.1) is 22.9 Å². The highest BCUT2D eigenvalue weighted by molar-refractivity contribution is 7.09. The van der Waals surface area contributed by atoms with Gasteiger partial charge in [-0.3, -0.25) is 9.69 Å². The van der Waals surface area contributed by atoms with Crippen LogP contribution in [0, 0.1) is 0 Å². The van der Waals surface area contributed by atoms with Gasteiger partial charge in [-0.15, -0.1) is 11.3 Å². The summed E-state index contributed by atoms with van der Waals surface area (Å²) in [5.41, 5.74) is 2.74. The summed E-state index contributed by atoms with van der Waals surface area (Å²) >= 11 is 1.73. The fraction of sp³-hybridized carbons (Fsp3) is 0.455. The first-order valence-corrected chi connectivity index (χ1v) is 11.1. The molecular weight excluding hydrogens is 386 g/mol. The minimum atomic E-state index is 0.0686. The minimum absolute atomic E-state index is 0.0686. The average Bonchev–Trinajstić information content (AvgIpc) is 3.21. The van der Waals surface area contributed by atoms with Gasteiger partial charge in [-0.25, -0.2) is 4.98 Å². The van der Waals surface area contributed by atoms with E-state index in [2.05, 4.69) is 22.2 Å². The molecule has 6 nitrogen and oxygen atoms in total. The van der Waals surface area contributed by atoms with Crippen LogP contribution in [0.1, 0.15) is 30.1 Å². The number of amides is 1. The van der Waals surface area contributed by atoms with Crippen molar-refractivity contribution in [1.82, 2.24) is 14.8 Å². The average molecular weight is 414 g/mol. The van der Waals surface area contributed by atoms with Crippen molar-refractivity contribution in [2.45, 2.75) is 26.8 Å². The van der Waals surface area contributed by atoms with Gasteiger partial charge in [-0.05, 0) is 25.5 Å². The Morgan fingerprint density at radius 2 is 2.07 bits per heavy atom. The monoisotopic (exact) mass is 413 g/mol. The number of rotatable bonds is 6. The summed E-state index contributed by atoms with van der Waals surface area (Å²) in [6.45, 7) is 9.00. The van der Waals surface area contributed by atoms with E-state index >= 15 is 0 Å². The molecule has 0 saturated carbocycles. The largest absolute Gasteiger partial charge is 0.490 e. The Bertz CT molecular complexity index is 900. The summed E-state index contributed by atoms with van der Waals surface area (Å²) in [4.78, 5) is 22.0. The van der Waals surface area contributed by atoms with Crippen LogP contribution in [0.25, 0.3) is 6.08 Å². The molecule has 0 bridgehead atoms. The number of hydrogen-bond acceptors (Lipinski definition) is 6. The molecule has 4 rings (SSSR count). The van der Waals surface area contributed by atoms with E-state index in [4.69, 9.17) is 9.47 Å². The van der Waals surface area contributed by atoms with Crippen LogP contribution in [-0.4, -0.2) is 60.1 Å². The Morgan fingerprint density at radius 1 is 1.24 bits per heavy atom. The number of ether oxygens (including phenoxy) is 2. The fourth-order valence-corrected chi connectivity index (χ4v) is 4.43. The zero-order valence-electron chi connectivity index (χ0n) is 17.0. The lowest BCUT2D eigenvalue weighted by Gasteiger charge is -2.35. The van der Waals surface area contributed by atoms with Gasteiger partial charge < -0.3 is 14.4 Å². The summed E-state index contributed by atoms with van der Waals surface area (Å²) in [5.74, 6) is 1.53. The highest BCUT2D eigenvalue weighted by Crippen LogP contribution is 2.36. The number of carbonyl (C=O) groups is 1. The molecule has 1 fully saturated rings. The Hall–Kier alpha value is -2.38. The van der Waals surface area contributed by atoms with Gasteiger partial charge in [-0.1, -0.05) is 19.1 Å². The Balaban J connectivity index is 1.36. The van der Waals surface area contributed by atoms with Crippen molar-refractivity contribution in [2.75, 3.05) is 39.4 Å². The number of thiazole rings is 1. The molecule has 29 heavy (non-hydrogen) atoms. The first kappa shape index (κ1) is 19.9. The van der Waals surface area contributed by atoms with Crippen LogP contribution < -0.4 is 9.47 Å². The highest BCUT2D eigenvalue weighted by Gasteiger charge is 2.27. The van der Waals surface area contributed by atoms with Crippen LogP contribution in [0.2, 0.25) is 0 Å². The van der Waals surface area contributed by atoms with E-state index in [9.17, 15) is 4.79 Å². The first-order valence-electron chi connectivity index (χ1n) is 10.2. The second-order valence-electron chi connectivity index (χ2n) is 7.22. The number of benzene rings is 1. The number of aromatic nitrogens is 1. The summed E-state index contributed by atoms with van der Waals surface area (Å²) in [6.07, 6.45) is 2.93. The van der Waals surface area contributed by atoms with Crippen molar-refractivity contribution < 1.29 is 14.3 Å². The second-order valence-corrected chi connectivity index (χ2v) is 8.16. The number of fused-ring (bicyclic) bond motifs is 1. The van der Waals surface area contributed by atoms with E-state index < -0.39 is 0 Å². The van der Waals surface area contributed by atoms with Crippen molar-refractivity contribution in [3.05, 3.63) is 45.4 Å². The highest BCUT2D eigenvalue weighted by atomic mass is 32.1. The van der Waals surface area contributed by atoms with Crippen LogP contribution in [0.5, 0.6) is 11.5 Å². The number of carbonyl (C=O) groups excluding carboxylic acids is 1. The lowest BCUT2D eigenvalue weighted by atomic mass is 10.1. The summed E-state index contributed by atoms with van der Waals surface area (Å²) in [6, 6.07) is 5.78. The van der Waals surface area contributed by atoms with Gasteiger partial charge in [-0.2, -0.15) is 0 Å². The molecule has 154 valence electrons. The Kier molecular flexibility index (Phi) is 6.16. The minimum Gasteiger partial charge on any atom is -0.490 e. The maximum Gasteiger partial charge on any atom is 0.253 e. The molecule has 3 heterocycles. The van der Waals surface area contributed by atoms with E-state index in [-0.39, 0.29) is 12.5 Å². The van der Waals surface area contributed by atoms with Gasteiger partial charge in [0.1, 0.15) is 6.61 Å². The zero-order valence-corrected chi connectivity index (χ0v) is 17.8. The van der Waals surface area contributed by atoms with Gasteiger partial charge >= 0.3 is 0 Å². The van der Waals surface area contributed by atoms with Crippen LogP contribution in [0.4, 0.5) is 0 Å². The molecule has 0 atom stereocenters. The normalized spacial score (nSPS) is 16.8. The molecule has 2 aliphatic rings. The van der Waals surface area contributed by atoms with Gasteiger partial charge in [0, 0.05) is 43.7 Å². The summed E-state index contributed by atoms with van der Waals surface area (Å²) < 4.78 is 11.5.